The molecule has 1 aliphatic rings. The van der Waals surface area contributed by atoms with E-state index in [1.54, 1.807) is 25.4 Å². The van der Waals surface area contributed by atoms with Gasteiger partial charge >= 0.3 is 0 Å². The van der Waals surface area contributed by atoms with Gasteiger partial charge in [0.1, 0.15) is 17.5 Å². The Kier molecular flexibility index (Phi) is 7.19. The van der Waals surface area contributed by atoms with Crippen molar-refractivity contribution in [2.24, 2.45) is 0 Å². The number of aryl methyl sites for hydroxylation is 1. The predicted molar refractivity (Wildman–Crippen MR) is 156 cm³/mol. The maximum atomic E-state index is 11.9. The van der Waals surface area contributed by atoms with Crippen molar-refractivity contribution in [3.8, 4) is 17.2 Å². The van der Waals surface area contributed by atoms with Crippen LogP contribution in [0.1, 0.15) is 29.2 Å². The van der Waals surface area contributed by atoms with Gasteiger partial charge in [0.2, 0.25) is 10.0 Å². The smallest absolute Gasteiger partial charge is 0.229 e. The lowest BCUT2D eigenvalue weighted by atomic mass is 10.0. The fourth-order valence-corrected chi connectivity index (χ4v) is 5.83. The molecule has 1 fully saturated rings. The Morgan fingerprint density at radius 3 is 2.36 bits per heavy atom. The zero-order valence-corrected chi connectivity index (χ0v) is 23.6. The van der Waals surface area contributed by atoms with Gasteiger partial charge in [-0.1, -0.05) is 6.07 Å². The van der Waals surface area contributed by atoms with Crippen molar-refractivity contribution < 1.29 is 17.9 Å². The van der Waals surface area contributed by atoms with Gasteiger partial charge in [-0.3, -0.25) is 9.71 Å². The highest BCUT2D eigenvalue weighted by molar-refractivity contribution is 7.92. The molecule has 2 N–H and O–H groups in total. The summed E-state index contributed by atoms with van der Waals surface area (Å²) in [6.07, 6.45) is 2.87. The van der Waals surface area contributed by atoms with E-state index in [0.29, 0.717) is 16.5 Å². The maximum absolute atomic E-state index is 11.9. The summed E-state index contributed by atoms with van der Waals surface area (Å²) in [4.78, 5) is 6.67. The van der Waals surface area contributed by atoms with E-state index in [9.17, 15) is 8.42 Å². The average molecular weight is 564 g/mol. The number of thiocarbonyl (C=S) groups is 1. The largest absolute Gasteiger partial charge is 0.497 e. The highest BCUT2D eigenvalue weighted by Crippen LogP contribution is 2.44. The number of nitrogens with zero attached hydrogens (tertiary/aromatic N) is 3. The number of pyridine rings is 1. The van der Waals surface area contributed by atoms with Gasteiger partial charge in [-0.2, -0.15) is 0 Å². The standard InChI is InChI=1S/C28H29N5O4S2/c1-18-8-15-24(32(18)19-9-12-21(36-2)13-10-19)27-26(23-7-5-6-16-29-23)30-28(38)33(27)20-11-14-22(25(17-20)37-3)31-39(4,34)35/h5-17,26-27,31H,1-4H3,(H,30,38)/t26-,27+/m1/s1. The van der Waals surface area contributed by atoms with Crippen LogP contribution in [0.15, 0.2) is 79.0 Å². The van der Waals surface area contributed by atoms with E-state index in [-0.39, 0.29) is 12.1 Å². The van der Waals surface area contributed by atoms with Gasteiger partial charge in [0.05, 0.1) is 37.9 Å². The molecule has 3 heterocycles. The second-order valence-electron chi connectivity index (χ2n) is 9.19. The molecular weight excluding hydrogens is 534 g/mol. The van der Waals surface area contributed by atoms with Crippen molar-refractivity contribution >= 4 is 38.7 Å². The quantitative estimate of drug-likeness (QED) is 0.297. The number of rotatable bonds is 8. The lowest BCUT2D eigenvalue weighted by molar-refractivity contribution is 0.414. The number of nitrogens with one attached hydrogen (secondary N) is 2. The summed E-state index contributed by atoms with van der Waals surface area (Å²) in [6.45, 7) is 2.06. The Balaban J connectivity index is 1.66. The molecule has 0 radical (unpaired) electrons. The number of hydrogen-bond acceptors (Lipinski definition) is 6. The van der Waals surface area contributed by atoms with Crippen LogP contribution in [0.2, 0.25) is 0 Å². The van der Waals surface area contributed by atoms with Crippen molar-refractivity contribution in [2.75, 3.05) is 30.1 Å². The van der Waals surface area contributed by atoms with E-state index >= 15 is 0 Å². The Morgan fingerprint density at radius 2 is 1.72 bits per heavy atom. The topological polar surface area (TPSA) is 97.7 Å². The summed E-state index contributed by atoms with van der Waals surface area (Å²) in [5.74, 6) is 1.15. The van der Waals surface area contributed by atoms with E-state index in [0.717, 1.165) is 40.5 Å². The van der Waals surface area contributed by atoms with E-state index in [4.69, 9.17) is 21.7 Å². The first-order chi connectivity index (χ1) is 18.7. The molecule has 9 nitrogen and oxygen atoms in total. The van der Waals surface area contributed by atoms with E-state index < -0.39 is 10.0 Å². The molecular formula is C28H29N5O4S2. The van der Waals surface area contributed by atoms with Crippen LogP contribution in [0.3, 0.4) is 0 Å². The van der Waals surface area contributed by atoms with Gasteiger partial charge in [-0.25, -0.2) is 8.42 Å². The van der Waals surface area contributed by atoms with Crippen molar-refractivity contribution in [3.63, 3.8) is 0 Å². The highest BCUT2D eigenvalue weighted by atomic mass is 32.2. The van der Waals surface area contributed by atoms with Crippen LogP contribution < -0.4 is 24.4 Å². The monoisotopic (exact) mass is 563 g/mol. The van der Waals surface area contributed by atoms with Crippen LogP contribution >= 0.6 is 12.2 Å². The minimum Gasteiger partial charge on any atom is -0.497 e. The molecule has 0 unspecified atom stereocenters. The molecule has 202 valence electrons. The molecule has 0 saturated carbocycles. The number of ether oxygens (including phenoxy) is 2. The van der Waals surface area contributed by atoms with Crippen molar-refractivity contribution in [1.82, 2.24) is 14.9 Å². The van der Waals surface area contributed by atoms with E-state index in [1.165, 1.54) is 7.11 Å². The number of aromatic nitrogens is 2. The van der Waals surface area contributed by atoms with Crippen LogP contribution in [0.4, 0.5) is 11.4 Å². The molecule has 0 spiro atoms. The van der Waals surface area contributed by atoms with Crippen LogP contribution in [0.25, 0.3) is 5.69 Å². The number of benzene rings is 2. The average Bonchev–Trinajstić information content (AvgIpc) is 3.47. The van der Waals surface area contributed by atoms with Crippen molar-refractivity contribution in [2.45, 2.75) is 19.0 Å². The Bertz CT molecular complexity index is 1600. The number of sulfonamides is 1. The Morgan fingerprint density at radius 1 is 0.974 bits per heavy atom. The molecule has 0 aliphatic carbocycles. The second-order valence-corrected chi connectivity index (χ2v) is 11.3. The molecule has 0 amide bonds. The predicted octanol–water partition coefficient (Wildman–Crippen LogP) is 4.75. The third-order valence-electron chi connectivity index (χ3n) is 6.60. The summed E-state index contributed by atoms with van der Waals surface area (Å²) < 4.78 is 39.4. The van der Waals surface area contributed by atoms with Gasteiger partial charge < -0.3 is 24.3 Å². The molecule has 2 atom stereocenters. The van der Waals surface area contributed by atoms with Crippen LogP contribution in [0.5, 0.6) is 11.5 Å². The Labute approximate surface area is 233 Å². The molecule has 2 aromatic heterocycles. The molecule has 0 bridgehead atoms. The first kappa shape index (κ1) is 26.5. The van der Waals surface area contributed by atoms with Crippen LogP contribution in [0, 0.1) is 6.92 Å². The number of anilines is 2. The van der Waals surface area contributed by atoms with Gasteiger partial charge in [0, 0.05) is 35.0 Å². The van der Waals surface area contributed by atoms with Gasteiger partial charge in [-0.05, 0) is 79.8 Å². The summed E-state index contributed by atoms with van der Waals surface area (Å²) in [7, 11) is -0.347. The summed E-state index contributed by atoms with van der Waals surface area (Å²) in [5, 5.41) is 3.99. The lowest BCUT2D eigenvalue weighted by Gasteiger charge is -2.30. The number of methoxy groups -OCH3 is 2. The summed E-state index contributed by atoms with van der Waals surface area (Å²) in [5.41, 5.74) is 4.96. The maximum Gasteiger partial charge on any atom is 0.229 e. The third kappa shape index (κ3) is 5.27. The van der Waals surface area contributed by atoms with E-state index in [2.05, 4.69) is 38.6 Å². The van der Waals surface area contributed by atoms with Crippen LogP contribution in [-0.2, 0) is 10.0 Å². The minimum absolute atomic E-state index is 0.259. The zero-order chi connectivity index (χ0) is 27.7. The SMILES string of the molecule is COc1ccc(-n2c(C)ccc2[C@H]2[C@@H](c3ccccn3)NC(=S)N2c2ccc(NS(C)(=O)=O)c(OC)c2)cc1. The second kappa shape index (κ2) is 10.6. The first-order valence-corrected chi connectivity index (χ1v) is 14.5. The highest BCUT2D eigenvalue weighted by Gasteiger charge is 2.42. The minimum atomic E-state index is -3.49. The summed E-state index contributed by atoms with van der Waals surface area (Å²) >= 11 is 5.89. The molecule has 39 heavy (non-hydrogen) atoms. The van der Waals surface area contributed by atoms with E-state index in [1.807, 2.05) is 53.4 Å². The molecule has 11 heteroatoms. The van der Waals surface area contributed by atoms with Gasteiger partial charge in [0.15, 0.2) is 5.11 Å². The molecule has 2 aromatic carbocycles. The van der Waals surface area contributed by atoms with Crippen LogP contribution in [-0.4, -0.2) is 43.6 Å². The van der Waals surface area contributed by atoms with Gasteiger partial charge in [-0.15, -0.1) is 0 Å². The van der Waals surface area contributed by atoms with Crippen molar-refractivity contribution in [3.05, 3.63) is 96.1 Å². The molecule has 1 saturated heterocycles. The zero-order valence-electron chi connectivity index (χ0n) is 22.0. The lowest BCUT2D eigenvalue weighted by Crippen LogP contribution is -2.30. The molecule has 1 aliphatic heterocycles. The Hall–Kier alpha value is -4.09. The summed E-state index contributed by atoms with van der Waals surface area (Å²) in [6, 6.07) is 22.6. The normalized spacial score (nSPS) is 17.1. The molecule has 5 rings (SSSR count). The van der Waals surface area contributed by atoms with Crippen molar-refractivity contribution in [1.29, 1.82) is 0 Å². The fourth-order valence-electron chi connectivity index (χ4n) is 4.92. The molecule has 4 aromatic rings. The fraction of sp³-hybridized carbons (Fsp3) is 0.214. The van der Waals surface area contributed by atoms with Gasteiger partial charge in [0.25, 0.3) is 0 Å². The first-order valence-electron chi connectivity index (χ1n) is 12.2. The third-order valence-corrected chi connectivity index (χ3v) is 7.50. The number of hydrogen-bond donors (Lipinski definition) is 2.